The van der Waals surface area contributed by atoms with Crippen molar-refractivity contribution in [1.82, 2.24) is 4.90 Å². The van der Waals surface area contributed by atoms with Crippen LogP contribution >= 0.6 is 11.6 Å². The number of alkyl halides is 1. The Balaban J connectivity index is 2.70. The van der Waals surface area contributed by atoms with Crippen molar-refractivity contribution in [2.75, 3.05) is 19.0 Å². The number of rotatable bonds is 2. The number of amides is 1. The molecule has 0 saturated carbocycles. The average Bonchev–Trinajstić information content (AvgIpc) is 2.27. The van der Waals surface area contributed by atoms with E-state index in [2.05, 4.69) is 26.8 Å². The Hall–Kier alpha value is -0.500. The average molecular weight is 258 g/mol. The van der Waals surface area contributed by atoms with E-state index in [9.17, 15) is 4.79 Å². The minimum atomic E-state index is -0.450. The van der Waals surface area contributed by atoms with Gasteiger partial charge in [-0.15, -0.1) is 11.6 Å². The van der Waals surface area contributed by atoms with Crippen LogP contribution in [0.2, 0.25) is 0 Å². The molecule has 98 valence electrons. The maximum atomic E-state index is 12.2. The molecule has 0 fully saturated rings. The highest BCUT2D eigenvalue weighted by Crippen LogP contribution is 2.31. The molecule has 3 heteroatoms. The SMILES string of the molecule is CC(C)(C)C1=CCN(C(=O)C(C)(C)CCl)CC1. The predicted octanol–water partition coefficient (Wildman–Crippen LogP) is 3.46. The highest BCUT2D eigenvalue weighted by Gasteiger charge is 2.32. The molecular formula is C14H24ClNO. The van der Waals surface area contributed by atoms with Gasteiger partial charge in [-0.2, -0.15) is 0 Å². The lowest BCUT2D eigenvalue weighted by Crippen LogP contribution is -2.44. The van der Waals surface area contributed by atoms with Crippen molar-refractivity contribution in [3.8, 4) is 0 Å². The smallest absolute Gasteiger partial charge is 0.229 e. The van der Waals surface area contributed by atoms with Gasteiger partial charge < -0.3 is 4.90 Å². The summed E-state index contributed by atoms with van der Waals surface area (Å²) in [6.45, 7) is 12.0. The van der Waals surface area contributed by atoms with E-state index in [0.29, 0.717) is 5.88 Å². The van der Waals surface area contributed by atoms with E-state index in [4.69, 9.17) is 11.6 Å². The maximum Gasteiger partial charge on any atom is 0.229 e. The van der Waals surface area contributed by atoms with Gasteiger partial charge in [0.1, 0.15) is 0 Å². The van der Waals surface area contributed by atoms with Crippen molar-refractivity contribution in [2.24, 2.45) is 10.8 Å². The van der Waals surface area contributed by atoms with Crippen LogP contribution in [0.25, 0.3) is 0 Å². The molecule has 0 aliphatic carbocycles. The summed E-state index contributed by atoms with van der Waals surface area (Å²) in [6.07, 6.45) is 3.18. The van der Waals surface area contributed by atoms with Gasteiger partial charge in [-0.3, -0.25) is 4.79 Å². The van der Waals surface area contributed by atoms with Crippen LogP contribution in [0.5, 0.6) is 0 Å². The Morgan fingerprint density at radius 3 is 2.29 bits per heavy atom. The molecule has 0 radical (unpaired) electrons. The van der Waals surface area contributed by atoms with Crippen LogP contribution in [-0.2, 0) is 4.79 Å². The summed E-state index contributed by atoms with van der Waals surface area (Å²) in [5.41, 5.74) is 1.22. The van der Waals surface area contributed by atoms with Crippen LogP contribution in [0.3, 0.4) is 0 Å². The minimum Gasteiger partial charge on any atom is -0.338 e. The lowest BCUT2D eigenvalue weighted by Gasteiger charge is -2.35. The zero-order valence-corrected chi connectivity index (χ0v) is 12.4. The lowest BCUT2D eigenvalue weighted by atomic mass is 9.82. The molecular weight excluding hydrogens is 234 g/mol. The van der Waals surface area contributed by atoms with Gasteiger partial charge in [-0.1, -0.05) is 32.4 Å². The first-order valence-corrected chi connectivity index (χ1v) is 6.77. The Morgan fingerprint density at radius 1 is 1.35 bits per heavy atom. The molecule has 0 atom stereocenters. The number of halogens is 1. The first kappa shape index (κ1) is 14.6. The third-order valence-electron chi connectivity index (χ3n) is 3.37. The Bertz CT molecular complexity index is 326. The molecule has 0 aromatic heterocycles. The van der Waals surface area contributed by atoms with Crippen molar-refractivity contribution >= 4 is 17.5 Å². The van der Waals surface area contributed by atoms with Crippen molar-refractivity contribution in [2.45, 2.75) is 41.0 Å². The molecule has 1 heterocycles. The molecule has 0 aromatic carbocycles. The number of hydrogen-bond acceptors (Lipinski definition) is 1. The lowest BCUT2D eigenvalue weighted by molar-refractivity contribution is -0.138. The van der Waals surface area contributed by atoms with E-state index in [-0.39, 0.29) is 11.3 Å². The zero-order valence-electron chi connectivity index (χ0n) is 11.6. The molecule has 1 rings (SSSR count). The normalized spacial score (nSPS) is 18.0. The van der Waals surface area contributed by atoms with Gasteiger partial charge in [-0.25, -0.2) is 0 Å². The molecule has 1 aliphatic rings. The molecule has 0 unspecified atom stereocenters. The van der Waals surface area contributed by atoms with Gasteiger partial charge in [0, 0.05) is 19.0 Å². The summed E-state index contributed by atoms with van der Waals surface area (Å²) in [5.74, 6) is 0.537. The standard InChI is InChI=1S/C14H24ClNO/c1-13(2,3)11-6-8-16(9-7-11)12(17)14(4,5)10-15/h6H,7-10H2,1-5H3. The van der Waals surface area contributed by atoms with Gasteiger partial charge >= 0.3 is 0 Å². The summed E-state index contributed by atoms with van der Waals surface area (Å²) >= 11 is 5.85. The van der Waals surface area contributed by atoms with Crippen molar-refractivity contribution in [3.05, 3.63) is 11.6 Å². The molecule has 2 nitrogen and oxygen atoms in total. The Morgan fingerprint density at radius 2 is 1.94 bits per heavy atom. The second-order valence-electron chi connectivity index (χ2n) is 6.50. The van der Waals surface area contributed by atoms with Gasteiger partial charge in [0.2, 0.25) is 5.91 Å². The zero-order chi connectivity index (χ0) is 13.3. The summed E-state index contributed by atoms with van der Waals surface area (Å²) in [5, 5.41) is 0. The molecule has 17 heavy (non-hydrogen) atoms. The van der Waals surface area contributed by atoms with Gasteiger partial charge in [0.05, 0.1) is 5.41 Å². The largest absolute Gasteiger partial charge is 0.338 e. The van der Waals surface area contributed by atoms with E-state index < -0.39 is 5.41 Å². The summed E-state index contributed by atoms with van der Waals surface area (Å²) in [6, 6.07) is 0. The van der Waals surface area contributed by atoms with Crippen LogP contribution in [-0.4, -0.2) is 29.8 Å². The highest BCUT2D eigenvalue weighted by molar-refractivity contribution is 6.19. The van der Waals surface area contributed by atoms with Gasteiger partial charge in [0.15, 0.2) is 0 Å². The van der Waals surface area contributed by atoms with E-state index in [1.54, 1.807) is 0 Å². The minimum absolute atomic E-state index is 0.164. The monoisotopic (exact) mass is 257 g/mol. The fourth-order valence-corrected chi connectivity index (χ4v) is 2.13. The maximum absolute atomic E-state index is 12.2. The van der Waals surface area contributed by atoms with Crippen molar-refractivity contribution in [1.29, 1.82) is 0 Å². The van der Waals surface area contributed by atoms with Crippen LogP contribution in [0.4, 0.5) is 0 Å². The Kier molecular flexibility index (Phi) is 4.29. The topological polar surface area (TPSA) is 20.3 Å². The molecule has 0 bridgehead atoms. The molecule has 1 aliphatic heterocycles. The van der Waals surface area contributed by atoms with Crippen LogP contribution in [0, 0.1) is 10.8 Å². The third-order valence-corrected chi connectivity index (χ3v) is 4.04. The second-order valence-corrected chi connectivity index (χ2v) is 6.77. The molecule has 0 spiro atoms. The summed E-state index contributed by atoms with van der Waals surface area (Å²) in [4.78, 5) is 14.1. The fourth-order valence-electron chi connectivity index (χ4n) is 2.02. The van der Waals surface area contributed by atoms with E-state index in [0.717, 1.165) is 19.5 Å². The van der Waals surface area contributed by atoms with Crippen LogP contribution in [0.15, 0.2) is 11.6 Å². The molecule has 0 saturated heterocycles. The van der Waals surface area contributed by atoms with Gasteiger partial charge in [-0.05, 0) is 25.7 Å². The fraction of sp³-hybridized carbons (Fsp3) is 0.786. The summed E-state index contributed by atoms with van der Waals surface area (Å²) in [7, 11) is 0. The Labute approximate surface area is 110 Å². The molecule has 1 amide bonds. The highest BCUT2D eigenvalue weighted by atomic mass is 35.5. The van der Waals surface area contributed by atoms with E-state index in [1.165, 1.54) is 5.57 Å². The number of hydrogen-bond donors (Lipinski definition) is 0. The summed E-state index contributed by atoms with van der Waals surface area (Å²) < 4.78 is 0. The first-order valence-electron chi connectivity index (χ1n) is 6.23. The molecule has 0 N–H and O–H groups in total. The van der Waals surface area contributed by atoms with Gasteiger partial charge in [0.25, 0.3) is 0 Å². The number of nitrogens with zero attached hydrogens (tertiary/aromatic N) is 1. The van der Waals surface area contributed by atoms with Crippen molar-refractivity contribution in [3.63, 3.8) is 0 Å². The van der Waals surface area contributed by atoms with Crippen LogP contribution in [0.1, 0.15) is 41.0 Å². The first-order chi connectivity index (χ1) is 7.68. The predicted molar refractivity (Wildman–Crippen MR) is 73.2 cm³/mol. The van der Waals surface area contributed by atoms with Crippen molar-refractivity contribution < 1.29 is 4.79 Å². The number of carbonyl (C=O) groups excluding carboxylic acids is 1. The number of carbonyl (C=O) groups is 1. The van der Waals surface area contributed by atoms with E-state index >= 15 is 0 Å². The quantitative estimate of drug-likeness (QED) is 0.548. The molecule has 0 aromatic rings. The van der Waals surface area contributed by atoms with Crippen LogP contribution < -0.4 is 0 Å². The van der Waals surface area contributed by atoms with E-state index in [1.807, 2.05) is 18.7 Å². The second kappa shape index (κ2) is 5.01. The third kappa shape index (κ3) is 3.48.